The zero-order valence-corrected chi connectivity index (χ0v) is 12.7. The van der Waals surface area contributed by atoms with Gasteiger partial charge in [-0.2, -0.15) is 0 Å². The molecule has 1 aliphatic heterocycles. The number of hydrogen-bond acceptors (Lipinski definition) is 5. The highest BCUT2D eigenvalue weighted by atomic mass is 16.6. The number of ether oxygens (including phenoxy) is 1. The lowest BCUT2D eigenvalue weighted by molar-refractivity contribution is -0.384. The Kier molecular flexibility index (Phi) is 5.52. The molecule has 1 atom stereocenters. The highest BCUT2D eigenvalue weighted by molar-refractivity contribution is 5.56. The van der Waals surface area contributed by atoms with Gasteiger partial charge in [0.2, 0.25) is 0 Å². The molecular formula is C15H23N3O3. The first-order valence-corrected chi connectivity index (χ1v) is 7.45. The van der Waals surface area contributed by atoms with Crippen LogP contribution in [0.2, 0.25) is 0 Å². The number of hydrogen-bond donors (Lipinski definition) is 1. The number of nitro benzene ring substituents is 1. The van der Waals surface area contributed by atoms with Gasteiger partial charge in [0, 0.05) is 50.6 Å². The van der Waals surface area contributed by atoms with Crippen molar-refractivity contribution in [2.45, 2.75) is 32.9 Å². The topological polar surface area (TPSA) is 67.6 Å². The molecule has 1 fully saturated rings. The molecule has 0 amide bonds. The Bertz CT molecular complexity index is 493. The minimum Gasteiger partial charge on any atom is -0.385 e. The van der Waals surface area contributed by atoms with Gasteiger partial charge in [-0.15, -0.1) is 0 Å². The van der Waals surface area contributed by atoms with E-state index in [1.165, 1.54) is 0 Å². The molecule has 0 radical (unpaired) electrons. The first-order valence-electron chi connectivity index (χ1n) is 7.45. The average Bonchev–Trinajstić information content (AvgIpc) is 2.65. The summed E-state index contributed by atoms with van der Waals surface area (Å²) >= 11 is 0. The van der Waals surface area contributed by atoms with E-state index in [9.17, 15) is 10.1 Å². The van der Waals surface area contributed by atoms with E-state index in [2.05, 4.69) is 17.1 Å². The number of nitrogens with one attached hydrogen (secondary N) is 1. The van der Waals surface area contributed by atoms with E-state index in [-0.39, 0.29) is 16.7 Å². The van der Waals surface area contributed by atoms with Crippen molar-refractivity contribution in [3.63, 3.8) is 0 Å². The van der Waals surface area contributed by atoms with E-state index < -0.39 is 0 Å². The molecule has 2 rings (SSSR count). The van der Waals surface area contributed by atoms with Gasteiger partial charge in [0.15, 0.2) is 0 Å². The molecule has 6 heteroatoms. The number of nitro groups is 1. The van der Waals surface area contributed by atoms with Crippen LogP contribution in [0.5, 0.6) is 0 Å². The molecule has 1 saturated heterocycles. The Labute approximate surface area is 125 Å². The third-order valence-corrected chi connectivity index (χ3v) is 3.60. The third-order valence-electron chi connectivity index (χ3n) is 3.60. The zero-order chi connectivity index (χ0) is 15.2. The Hall–Kier alpha value is -1.66. The Morgan fingerprint density at radius 2 is 2.33 bits per heavy atom. The predicted octanol–water partition coefficient (Wildman–Crippen LogP) is 2.64. The minimum atomic E-state index is -0.340. The van der Waals surface area contributed by atoms with Gasteiger partial charge in [0.05, 0.1) is 11.0 Å². The van der Waals surface area contributed by atoms with Crippen molar-refractivity contribution >= 4 is 11.4 Å². The summed E-state index contributed by atoms with van der Waals surface area (Å²) in [5, 5.41) is 14.3. The van der Waals surface area contributed by atoms with Crippen molar-refractivity contribution in [1.82, 2.24) is 4.90 Å². The van der Waals surface area contributed by atoms with Crippen molar-refractivity contribution in [2.24, 2.45) is 0 Å². The van der Waals surface area contributed by atoms with Gasteiger partial charge in [-0.3, -0.25) is 15.0 Å². The number of nitrogens with zero attached hydrogens (tertiary/aromatic N) is 2. The van der Waals surface area contributed by atoms with Gasteiger partial charge in [-0.25, -0.2) is 0 Å². The van der Waals surface area contributed by atoms with Crippen molar-refractivity contribution in [3.8, 4) is 0 Å². The maximum atomic E-state index is 11.0. The molecule has 1 N–H and O–H groups in total. The lowest BCUT2D eigenvalue weighted by atomic mass is 10.1. The summed E-state index contributed by atoms with van der Waals surface area (Å²) in [7, 11) is 0. The maximum Gasteiger partial charge on any atom is 0.269 e. The van der Waals surface area contributed by atoms with Crippen LogP contribution in [0.1, 0.15) is 25.8 Å². The van der Waals surface area contributed by atoms with Crippen molar-refractivity contribution in [2.75, 3.05) is 31.6 Å². The van der Waals surface area contributed by atoms with E-state index in [1.807, 2.05) is 6.92 Å². The fourth-order valence-electron chi connectivity index (χ4n) is 2.65. The second kappa shape index (κ2) is 7.38. The summed E-state index contributed by atoms with van der Waals surface area (Å²) in [4.78, 5) is 12.9. The molecule has 6 nitrogen and oxygen atoms in total. The molecule has 0 spiro atoms. The van der Waals surface area contributed by atoms with Crippen molar-refractivity contribution < 1.29 is 9.66 Å². The smallest absolute Gasteiger partial charge is 0.269 e. The van der Waals surface area contributed by atoms with E-state index in [4.69, 9.17) is 4.74 Å². The summed E-state index contributed by atoms with van der Waals surface area (Å²) in [6, 6.07) is 5.03. The van der Waals surface area contributed by atoms with Gasteiger partial charge >= 0.3 is 0 Å². The standard InChI is InChI=1S/C15H23N3O3/c1-3-16-15-6-5-14(18(19)20)9-13(15)11-17-7-4-8-21-12(2)10-17/h5-6,9,12,16H,3-4,7-8,10-11H2,1-2H3. The molecule has 0 aromatic heterocycles. The quantitative estimate of drug-likeness (QED) is 0.667. The largest absolute Gasteiger partial charge is 0.385 e. The highest BCUT2D eigenvalue weighted by Gasteiger charge is 2.18. The number of non-ortho nitro benzene ring substituents is 1. The summed E-state index contributed by atoms with van der Waals surface area (Å²) in [5.41, 5.74) is 2.09. The predicted molar refractivity (Wildman–Crippen MR) is 82.6 cm³/mol. The molecule has 1 unspecified atom stereocenters. The van der Waals surface area contributed by atoms with Gasteiger partial charge in [0.1, 0.15) is 0 Å². The van der Waals surface area contributed by atoms with Crippen LogP contribution in [-0.2, 0) is 11.3 Å². The molecule has 1 aromatic rings. The van der Waals surface area contributed by atoms with Crippen molar-refractivity contribution in [1.29, 1.82) is 0 Å². The number of anilines is 1. The molecule has 1 heterocycles. The fourth-order valence-corrected chi connectivity index (χ4v) is 2.65. The molecule has 0 saturated carbocycles. The molecule has 1 aliphatic rings. The molecule has 1 aromatic carbocycles. The fraction of sp³-hybridized carbons (Fsp3) is 0.600. The van der Waals surface area contributed by atoms with Crippen LogP contribution in [0.25, 0.3) is 0 Å². The first kappa shape index (κ1) is 15.7. The summed E-state index contributed by atoms with van der Waals surface area (Å²) in [6.07, 6.45) is 1.20. The lowest BCUT2D eigenvalue weighted by Crippen LogP contribution is -2.30. The van der Waals surface area contributed by atoms with Crippen LogP contribution >= 0.6 is 0 Å². The van der Waals surface area contributed by atoms with Crippen LogP contribution in [-0.4, -0.2) is 42.2 Å². The normalized spacial score (nSPS) is 20.0. The van der Waals surface area contributed by atoms with Gasteiger partial charge in [-0.1, -0.05) is 0 Å². The molecule has 21 heavy (non-hydrogen) atoms. The summed E-state index contributed by atoms with van der Waals surface area (Å²) in [5.74, 6) is 0. The van der Waals surface area contributed by atoms with Gasteiger partial charge in [-0.05, 0) is 31.9 Å². The molecule has 0 aliphatic carbocycles. The highest BCUT2D eigenvalue weighted by Crippen LogP contribution is 2.24. The lowest BCUT2D eigenvalue weighted by Gasteiger charge is -2.23. The number of rotatable bonds is 5. The van der Waals surface area contributed by atoms with E-state index in [0.29, 0.717) is 6.54 Å². The molecule has 0 bridgehead atoms. The molecular weight excluding hydrogens is 270 g/mol. The van der Waals surface area contributed by atoms with E-state index >= 15 is 0 Å². The zero-order valence-electron chi connectivity index (χ0n) is 12.7. The SMILES string of the molecule is CCNc1ccc([N+](=O)[O-])cc1CN1CCCOC(C)C1. The summed E-state index contributed by atoms with van der Waals surface area (Å²) < 4.78 is 5.64. The monoisotopic (exact) mass is 293 g/mol. The van der Waals surface area contributed by atoms with Crippen LogP contribution in [0.15, 0.2) is 18.2 Å². The van der Waals surface area contributed by atoms with E-state index in [0.717, 1.165) is 43.9 Å². The second-order valence-corrected chi connectivity index (χ2v) is 5.40. The Morgan fingerprint density at radius 1 is 1.52 bits per heavy atom. The average molecular weight is 293 g/mol. The second-order valence-electron chi connectivity index (χ2n) is 5.40. The van der Waals surface area contributed by atoms with Gasteiger partial charge < -0.3 is 10.1 Å². The Morgan fingerprint density at radius 3 is 3.05 bits per heavy atom. The molecule has 116 valence electrons. The van der Waals surface area contributed by atoms with Crippen molar-refractivity contribution in [3.05, 3.63) is 33.9 Å². The van der Waals surface area contributed by atoms with Crippen LogP contribution in [0.4, 0.5) is 11.4 Å². The number of benzene rings is 1. The third kappa shape index (κ3) is 4.41. The summed E-state index contributed by atoms with van der Waals surface area (Å²) in [6.45, 7) is 8.19. The first-order chi connectivity index (χ1) is 10.1. The van der Waals surface area contributed by atoms with Gasteiger partial charge in [0.25, 0.3) is 5.69 Å². The van der Waals surface area contributed by atoms with E-state index in [1.54, 1.807) is 18.2 Å². The Balaban J connectivity index is 2.18. The van der Waals surface area contributed by atoms with Crippen LogP contribution in [0, 0.1) is 10.1 Å². The minimum absolute atomic E-state index is 0.144. The maximum absolute atomic E-state index is 11.0. The van der Waals surface area contributed by atoms with Crippen LogP contribution in [0.3, 0.4) is 0 Å². The van der Waals surface area contributed by atoms with Crippen LogP contribution < -0.4 is 5.32 Å².